The molecule has 7 nitrogen and oxygen atoms in total. The first-order valence-corrected chi connectivity index (χ1v) is 5.69. The van der Waals surface area contributed by atoms with Gasteiger partial charge in [0.15, 0.2) is 11.5 Å². The molecule has 3 rings (SSSR count). The molecule has 3 atom stereocenters. The number of aromatic nitrogens is 4. The fourth-order valence-corrected chi connectivity index (χ4v) is 2.28. The second kappa shape index (κ2) is 4.25. The van der Waals surface area contributed by atoms with Crippen molar-refractivity contribution in [2.24, 2.45) is 0 Å². The molecule has 1 aliphatic rings. The van der Waals surface area contributed by atoms with Crippen molar-refractivity contribution in [3.63, 3.8) is 0 Å². The van der Waals surface area contributed by atoms with Crippen LogP contribution in [-0.4, -0.2) is 48.6 Å². The minimum absolute atomic E-state index is 0.154. The number of aliphatic hydroxyl groups excluding tert-OH is 2. The van der Waals surface area contributed by atoms with Crippen molar-refractivity contribution < 1.29 is 14.6 Å². The average Bonchev–Trinajstić information content (AvgIpc) is 2.94. The Labute approximate surface area is 107 Å². The topological polar surface area (TPSA) is 110 Å². The van der Waals surface area contributed by atoms with E-state index in [9.17, 15) is 14.6 Å². The smallest absolute Gasteiger partial charge is 0.166 e. The van der Waals surface area contributed by atoms with Crippen LogP contribution in [0.2, 0.25) is 0 Å². The van der Waals surface area contributed by atoms with Crippen LogP contribution in [0.25, 0.3) is 11.2 Å². The molecule has 1 aliphatic carbocycles. The standard InChI is InChI=1S/C11H12FN5O2/c12-2-5-1-6(9(19)8(5)18)17-4-16-7-10(13)14-3-15-11(7)17/h1,3-4,6,8-9,18-19H,2H2,(H2,13,14,15)/t6-,8+,9+/m1/s1. The van der Waals surface area contributed by atoms with Gasteiger partial charge in [-0.15, -0.1) is 0 Å². The summed E-state index contributed by atoms with van der Waals surface area (Å²) in [5.41, 5.74) is 6.66. The molecule has 0 saturated carbocycles. The van der Waals surface area contributed by atoms with Crippen LogP contribution in [0.1, 0.15) is 6.04 Å². The lowest BCUT2D eigenvalue weighted by Crippen LogP contribution is -2.29. The zero-order chi connectivity index (χ0) is 13.6. The van der Waals surface area contributed by atoms with Crippen LogP contribution in [0.15, 0.2) is 24.3 Å². The van der Waals surface area contributed by atoms with Crippen molar-refractivity contribution in [1.82, 2.24) is 19.5 Å². The quantitative estimate of drug-likeness (QED) is 0.636. The zero-order valence-corrected chi connectivity index (χ0v) is 9.81. The van der Waals surface area contributed by atoms with E-state index in [4.69, 9.17) is 5.73 Å². The summed E-state index contributed by atoms with van der Waals surface area (Å²) < 4.78 is 14.3. The molecule has 0 unspecified atom stereocenters. The number of anilines is 1. The Hall–Kier alpha value is -2.06. The molecule has 0 aromatic carbocycles. The maximum atomic E-state index is 12.7. The number of nitrogens with two attached hydrogens (primary N) is 1. The van der Waals surface area contributed by atoms with Crippen molar-refractivity contribution in [1.29, 1.82) is 0 Å². The second-order valence-corrected chi connectivity index (χ2v) is 4.38. The lowest BCUT2D eigenvalue weighted by molar-refractivity contribution is 0.0307. The highest BCUT2D eigenvalue weighted by atomic mass is 19.1. The van der Waals surface area contributed by atoms with E-state index in [0.29, 0.717) is 11.2 Å². The lowest BCUT2D eigenvalue weighted by atomic mass is 10.1. The SMILES string of the molecule is Nc1ncnc2c1ncn2[C@@H]1C=C(CF)[C@H](O)[C@H]1O. The van der Waals surface area contributed by atoms with Gasteiger partial charge in [0.1, 0.15) is 30.7 Å². The van der Waals surface area contributed by atoms with Crippen molar-refractivity contribution in [3.05, 3.63) is 24.3 Å². The molecular weight excluding hydrogens is 253 g/mol. The Balaban J connectivity index is 2.11. The predicted molar refractivity (Wildman–Crippen MR) is 64.8 cm³/mol. The van der Waals surface area contributed by atoms with Crippen LogP contribution in [0.5, 0.6) is 0 Å². The largest absolute Gasteiger partial charge is 0.388 e. The average molecular weight is 265 g/mol. The highest BCUT2D eigenvalue weighted by molar-refractivity contribution is 5.81. The monoisotopic (exact) mass is 265 g/mol. The normalized spacial score (nSPS) is 26.9. The molecule has 0 fully saturated rings. The van der Waals surface area contributed by atoms with E-state index in [-0.39, 0.29) is 11.4 Å². The number of rotatable bonds is 2. The Morgan fingerprint density at radius 2 is 2.11 bits per heavy atom. The van der Waals surface area contributed by atoms with E-state index >= 15 is 0 Å². The van der Waals surface area contributed by atoms with E-state index in [1.165, 1.54) is 18.7 Å². The third-order valence-electron chi connectivity index (χ3n) is 3.30. The van der Waals surface area contributed by atoms with Gasteiger partial charge in [-0.25, -0.2) is 19.3 Å². The van der Waals surface area contributed by atoms with Gasteiger partial charge < -0.3 is 20.5 Å². The molecule has 2 aromatic rings. The summed E-state index contributed by atoms with van der Waals surface area (Å²) in [7, 11) is 0. The molecule has 8 heteroatoms. The van der Waals surface area contributed by atoms with E-state index in [0.717, 1.165) is 0 Å². The number of hydrogen-bond donors (Lipinski definition) is 3. The summed E-state index contributed by atoms with van der Waals surface area (Å²) in [5.74, 6) is 0.228. The molecule has 0 radical (unpaired) electrons. The van der Waals surface area contributed by atoms with Gasteiger partial charge in [0.25, 0.3) is 0 Å². The van der Waals surface area contributed by atoms with Crippen molar-refractivity contribution in [2.45, 2.75) is 18.2 Å². The molecular formula is C11H12FN5O2. The van der Waals surface area contributed by atoms with Crippen molar-refractivity contribution >= 4 is 17.0 Å². The van der Waals surface area contributed by atoms with Crippen molar-refractivity contribution in [2.75, 3.05) is 12.4 Å². The Morgan fingerprint density at radius 3 is 2.79 bits per heavy atom. The highest BCUT2D eigenvalue weighted by Crippen LogP contribution is 2.31. The molecule has 4 N–H and O–H groups in total. The minimum atomic E-state index is -1.22. The second-order valence-electron chi connectivity index (χ2n) is 4.38. The molecule has 100 valence electrons. The zero-order valence-electron chi connectivity index (χ0n) is 9.81. The number of halogens is 1. The van der Waals surface area contributed by atoms with Gasteiger partial charge in [-0.1, -0.05) is 6.08 Å². The maximum Gasteiger partial charge on any atom is 0.166 e. The first-order chi connectivity index (χ1) is 9.13. The fraction of sp³-hybridized carbons (Fsp3) is 0.364. The Morgan fingerprint density at radius 1 is 1.32 bits per heavy atom. The number of imidazole rings is 1. The van der Waals surface area contributed by atoms with Crippen LogP contribution in [0.3, 0.4) is 0 Å². The van der Waals surface area contributed by atoms with Gasteiger partial charge in [0.2, 0.25) is 0 Å². The van der Waals surface area contributed by atoms with Crippen LogP contribution in [0, 0.1) is 0 Å². The van der Waals surface area contributed by atoms with Gasteiger partial charge >= 0.3 is 0 Å². The third kappa shape index (κ3) is 1.68. The summed E-state index contributed by atoms with van der Waals surface area (Å²) in [6.45, 7) is -0.807. The molecule has 19 heavy (non-hydrogen) atoms. The summed E-state index contributed by atoms with van der Waals surface area (Å²) in [6.07, 6.45) is 1.85. The van der Waals surface area contributed by atoms with E-state index in [2.05, 4.69) is 15.0 Å². The van der Waals surface area contributed by atoms with Gasteiger partial charge in [0, 0.05) is 0 Å². The van der Waals surface area contributed by atoms with Gasteiger partial charge in [0.05, 0.1) is 12.4 Å². The molecule has 0 bridgehead atoms. The molecule has 0 spiro atoms. The highest BCUT2D eigenvalue weighted by Gasteiger charge is 2.36. The molecule has 2 aromatic heterocycles. The summed E-state index contributed by atoms with van der Waals surface area (Å²) in [4.78, 5) is 11.9. The molecule has 0 saturated heterocycles. The van der Waals surface area contributed by atoms with E-state index < -0.39 is 24.9 Å². The first kappa shape index (κ1) is 12.0. The number of nitrogen functional groups attached to an aromatic ring is 1. The predicted octanol–water partition coefficient (Wildman–Crippen LogP) is -0.419. The molecule has 0 amide bonds. The van der Waals surface area contributed by atoms with E-state index in [1.54, 1.807) is 4.57 Å². The maximum absolute atomic E-state index is 12.7. The lowest BCUT2D eigenvalue weighted by Gasteiger charge is -2.18. The van der Waals surface area contributed by atoms with Crippen LogP contribution in [-0.2, 0) is 0 Å². The Bertz CT molecular complexity index is 656. The molecule has 0 aliphatic heterocycles. The summed E-state index contributed by atoms with van der Waals surface area (Å²) >= 11 is 0. The van der Waals surface area contributed by atoms with E-state index in [1.807, 2.05) is 0 Å². The van der Waals surface area contributed by atoms with Crippen LogP contribution < -0.4 is 5.73 Å². The molecule has 2 heterocycles. The number of fused-ring (bicyclic) bond motifs is 1. The third-order valence-corrected chi connectivity index (χ3v) is 3.30. The first-order valence-electron chi connectivity index (χ1n) is 5.69. The number of alkyl halides is 1. The fourth-order valence-electron chi connectivity index (χ4n) is 2.28. The van der Waals surface area contributed by atoms with Gasteiger partial charge in [-0.2, -0.15) is 0 Å². The summed E-state index contributed by atoms with van der Waals surface area (Å²) in [5, 5.41) is 19.7. The van der Waals surface area contributed by atoms with Crippen LogP contribution in [0.4, 0.5) is 10.2 Å². The summed E-state index contributed by atoms with van der Waals surface area (Å²) in [6, 6.07) is -0.625. The van der Waals surface area contributed by atoms with Gasteiger partial charge in [-0.05, 0) is 5.57 Å². The number of hydrogen-bond acceptors (Lipinski definition) is 6. The van der Waals surface area contributed by atoms with Crippen LogP contribution >= 0.6 is 0 Å². The van der Waals surface area contributed by atoms with Gasteiger partial charge in [-0.3, -0.25) is 0 Å². The number of nitrogens with zero attached hydrogens (tertiary/aromatic N) is 4. The minimum Gasteiger partial charge on any atom is -0.388 e. The Kier molecular flexibility index (Phi) is 2.68. The van der Waals surface area contributed by atoms with Crippen molar-refractivity contribution in [3.8, 4) is 0 Å². The number of aliphatic hydroxyl groups is 2.